The highest BCUT2D eigenvalue weighted by atomic mass is 16.7. The third-order valence-corrected chi connectivity index (χ3v) is 3.94. The second kappa shape index (κ2) is 5.89. The monoisotopic (exact) mass is 278 g/mol. The highest BCUT2D eigenvalue weighted by Gasteiger charge is 2.21. The summed E-state index contributed by atoms with van der Waals surface area (Å²) in [7, 11) is 3.86. The molecule has 1 saturated heterocycles. The minimum atomic E-state index is 0.281. The second-order valence-corrected chi connectivity index (χ2v) is 5.46. The van der Waals surface area contributed by atoms with Gasteiger partial charge in [0.15, 0.2) is 11.5 Å². The van der Waals surface area contributed by atoms with Crippen molar-refractivity contribution in [2.75, 3.05) is 47.1 Å². The van der Waals surface area contributed by atoms with Crippen LogP contribution < -0.4 is 14.2 Å². The van der Waals surface area contributed by atoms with E-state index in [-0.39, 0.29) is 6.79 Å². The second-order valence-electron chi connectivity index (χ2n) is 5.46. The summed E-state index contributed by atoms with van der Waals surface area (Å²) in [6.07, 6.45) is 1.22. The fraction of sp³-hybridized carbons (Fsp3) is 0.600. The maximum absolute atomic E-state index is 5.48. The molecule has 20 heavy (non-hydrogen) atoms. The molecule has 0 saturated carbocycles. The SMILES string of the molecule is COc1cc(CN2CCCN(C)CC2)cc2c1OCO2. The molecule has 0 spiro atoms. The van der Waals surface area contributed by atoms with Crippen molar-refractivity contribution in [1.29, 1.82) is 0 Å². The minimum Gasteiger partial charge on any atom is -0.493 e. The highest BCUT2D eigenvalue weighted by Crippen LogP contribution is 2.42. The van der Waals surface area contributed by atoms with Gasteiger partial charge in [-0.2, -0.15) is 0 Å². The number of ether oxygens (including phenoxy) is 3. The Bertz CT molecular complexity index is 478. The summed E-state index contributed by atoms with van der Waals surface area (Å²) in [5, 5.41) is 0. The molecule has 2 aliphatic heterocycles. The fourth-order valence-corrected chi connectivity index (χ4v) is 2.79. The maximum atomic E-state index is 5.48. The first kappa shape index (κ1) is 13.5. The summed E-state index contributed by atoms with van der Waals surface area (Å²) in [5.74, 6) is 2.29. The van der Waals surface area contributed by atoms with Gasteiger partial charge in [0.2, 0.25) is 12.5 Å². The third-order valence-electron chi connectivity index (χ3n) is 3.94. The van der Waals surface area contributed by atoms with E-state index in [4.69, 9.17) is 14.2 Å². The van der Waals surface area contributed by atoms with Gasteiger partial charge in [0.1, 0.15) is 0 Å². The highest BCUT2D eigenvalue weighted by molar-refractivity contribution is 5.55. The Morgan fingerprint density at radius 3 is 2.90 bits per heavy atom. The van der Waals surface area contributed by atoms with E-state index in [2.05, 4.69) is 29.0 Å². The van der Waals surface area contributed by atoms with Crippen molar-refractivity contribution >= 4 is 0 Å². The van der Waals surface area contributed by atoms with Crippen LogP contribution in [-0.2, 0) is 6.54 Å². The zero-order valence-corrected chi connectivity index (χ0v) is 12.2. The van der Waals surface area contributed by atoms with Crippen LogP contribution in [0.5, 0.6) is 17.2 Å². The molecule has 5 heteroatoms. The van der Waals surface area contributed by atoms with Crippen LogP contribution in [0.2, 0.25) is 0 Å². The molecule has 2 heterocycles. The van der Waals surface area contributed by atoms with Crippen LogP contribution in [-0.4, -0.2) is 56.9 Å². The molecule has 3 rings (SSSR count). The molecule has 0 unspecified atom stereocenters. The van der Waals surface area contributed by atoms with E-state index >= 15 is 0 Å². The summed E-state index contributed by atoms with van der Waals surface area (Å²) < 4.78 is 16.3. The first-order valence-corrected chi connectivity index (χ1v) is 7.13. The van der Waals surface area contributed by atoms with Crippen molar-refractivity contribution < 1.29 is 14.2 Å². The summed E-state index contributed by atoms with van der Waals surface area (Å²) in [6.45, 7) is 5.77. The fourth-order valence-electron chi connectivity index (χ4n) is 2.79. The molecular formula is C15H22N2O3. The predicted molar refractivity (Wildman–Crippen MR) is 76.5 cm³/mol. The zero-order chi connectivity index (χ0) is 13.9. The van der Waals surface area contributed by atoms with Gasteiger partial charge in [-0.1, -0.05) is 0 Å². The Morgan fingerprint density at radius 2 is 2.05 bits per heavy atom. The average molecular weight is 278 g/mol. The molecule has 2 aliphatic rings. The van der Waals surface area contributed by atoms with E-state index < -0.39 is 0 Å². The van der Waals surface area contributed by atoms with Crippen LogP contribution in [0.1, 0.15) is 12.0 Å². The van der Waals surface area contributed by atoms with Gasteiger partial charge in [-0.3, -0.25) is 4.90 Å². The number of hydrogen-bond acceptors (Lipinski definition) is 5. The summed E-state index contributed by atoms with van der Waals surface area (Å²) in [5.41, 5.74) is 1.22. The van der Waals surface area contributed by atoms with E-state index in [1.807, 2.05) is 0 Å². The number of hydrogen-bond donors (Lipinski definition) is 0. The van der Waals surface area contributed by atoms with Crippen molar-refractivity contribution in [2.45, 2.75) is 13.0 Å². The van der Waals surface area contributed by atoms with E-state index in [0.29, 0.717) is 0 Å². The Kier molecular flexibility index (Phi) is 3.98. The van der Waals surface area contributed by atoms with Gasteiger partial charge in [-0.15, -0.1) is 0 Å². The number of likely N-dealkylation sites (N-methyl/N-ethyl adjacent to an activating group) is 1. The number of methoxy groups -OCH3 is 1. The van der Waals surface area contributed by atoms with Crippen LogP contribution in [0, 0.1) is 0 Å². The lowest BCUT2D eigenvalue weighted by Gasteiger charge is -2.20. The normalized spacial score (nSPS) is 19.9. The first-order chi connectivity index (χ1) is 9.76. The van der Waals surface area contributed by atoms with Crippen molar-refractivity contribution in [3.63, 3.8) is 0 Å². The Hall–Kier alpha value is -1.46. The Balaban J connectivity index is 1.74. The van der Waals surface area contributed by atoms with Crippen molar-refractivity contribution in [3.05, 3.63) is 17.7 Å². The Labute approximate surface area is 120 Å². The van der Waals surface area contributed by atoms with E-state index in [1.165, 1.54) is 18.5 Å². The Morgan fingerprint density at radius 1 is 1.15 bits per heavy atom. The molecule has 0 bridgehead atoms. The van der Waals surface area contributed by atoms with Gasteiger partial charge >= 0.3 is 0 Å². The largest absolute Gasteiger partial charge is 0.493 e. The lowest BCUT2D eigenvalue weighted by Crippen LogP contribution is -2.28. The molecule has 5 nitrogen and oxygen atoms in total. The van der Waals surface area contributed by atoms with Crippen LogP contribution in [0.3, 0.4) is 0 Å². The summed E-state index contributed by atoms with van der Waals surface area (Å²) in [4.78, 5) is 4.88. The van der Waals surface area contributed by atoms with Crippen LogP contribution in [0.4, 0.5) is 0 Å². The molecule has 0 aliphatic carbocycles. The number of benzene rings is 1. The van der Waals surface area contributed by atoms with Gasteiger partial charge in [-0.25, -0.2) is 0 Å². The van der Waals surface area contributed by atoms with Crippen molar-refractivity contribution in [1.82, 2.24) is 9.80 Å². The van der Waals surface area contributed by atoms with Gasteiger partial charge in [-0.05, 0) is 44.3 Å². The maximum Gasteiger partial charge on any atom is 0.231 e. The van der Waals surface area contributed by atoms with E-state index in [9.17, 15) is 0 Å². The van der Waals surface area contributed by atoms with Crippen molar-refractivity contribution in [2.24, 2.45) is 0 Å². The van der Waals surface area contributed by atoms with Crippen molar-refractivity contribution in [3.8, 4) is 17.2 Å². The van der Waals surface area contributed by atoms with Gasteiger partial charge in [0.25, 0.3) is 0 Å². The number of fused-ring (bicyclic) bond motifs is 1. The molecule has 1 fully saturated rings. The lowest BCUT2D eigenvalue weighted by atomic mass is 10.1. The average Bonchev–Trinajstić information content (AvgIpc) is 2.82. The van der Waals surface area contributed by atoms with Crippen LogP contribution in [0.25, 0.3) is 0 Å². The predicted octanol–water partition coefficient (Wildman–Crippen LogP) is 1.56. The van der Waals surface area contributed by atoms with Crippen LogP contribution in [0.15, 0.2) is 12.1 Å². The quantitative estimate of drug-likeness (QED) is 0.838. The molecule has 1 aromatic rings. The summed E-state index contributed by atoms with van der Waals surface area (Å²) in [6, 6.07) is 4.13. The van der Waals surface area contributed by atoms with Crippen LogP contribution >= 0.6 is 0 Å². The third kappa shape index (κ3) is 2.83. The van der Waals surface area contributed by atoms with E-state index in [0.717, 1.165) is 43.4 Å². The molecule has 1 aromatic carbocycles. The van der Waals surface area contributed by atoms with Gasteiger partial charge < -0.3 is 19.1 Å². The minimum absolute atomic E-state index is 0.281. The molecule has 0 atom stereocenters. The van der Waals surface area contributed by atoms with Gasteiger partial charge in [0, 0.05) is 19.6 Å². The number of rotatable bonds is 3. The molecule has 0 aromatic heterocycles. The first-order valence-electron chi connectivity index (χ1n) is 7.13. The lowest BCUT2D eigenvalue weighted by molar-refractivity contribution is 0.171. The topological polar surface area (TPSA) is 34.2 Å². The molecule has 0 radical (unpaired) electrons. The molecular weight excluding hydrogens is 256 g/mol. The summed E-state index contributed by atoms with van der Waals surface area (Å²) >= 11 is 0. The number of nitrogens with zero attached hydrogens (tertiary/aromatic N) is 2. The molecule has 0 amide bonds. The smallest absolute Gasteiger partial charge is 0.231 e. The molecule has 110 valence electrons. The zero-order valence-electron chi connectivity index (χ0n) is 12.2. The van der Waals surface area contributed by atoms with E-state index in [1.54, 1.807) is 7.11 Å². The standard InChI is InChI=1S/C15H22N2O3/c1-16-4-3-5-17(7-6-16)10-12-8-13(18-2)15-14(9-12)19-11-20-15/h8-9H,3-7,10-11H2,1-2H3. The van der Waals surface area contributed by atoms with Gasteiger partial charge in [0.05, 0.1) is 7.11 Å². The molecule has 0 N–H and O–H groups in total.